The number of hydrogen-bond donors (Lipinski definition) is 1. The smallest absolute Gasteiger partial charge is 0.317 e. The van der Waals surface area contributed by atoms with E-state index in [0.29, 0.717) is 18.0 Å². The Bertz CT molecular complexity index is 997. The predicted octanol–water partition coefficient (Wildman–Crippen LogP) is 5.57. The summed E-state index contributed by atoms with van der Waals surface area (Å²) in [5, 5.41) is 7.58. The summed E-state index contributed by atoms with van der Waals surface area (Å²) >= 11 is 0. The molecule has 32 heavy (non-hydrogen) atoms. The molecule has 1 N–H and O–H groups in total. The summed E-state index contributed by atoms with van der Waals surface area (Å²) in [5.74, 6) is 2.25. The van der Waals surface area contributed by atoms with Gasteiger partial charge in [-0.25, -0.2) is 4.98 Å². The first-order valence-electron chi connectivity index (χ1n) is 11.5. The summed E-state index contributed by atoms with van der Waals surface area (Å²) in [6, 6.07) is 10.7. The van der Waals surface area contributed by atoms with Gasteiger partial charge in [0.25, 0.3) is 0 Å². The van der Waals surface area contributed by atoms with Crippen molar-refractivity contribution in [2.75, 3.05) is 11.9 Å². The minimum Gasteiger partial charge on any atom is -0.460 e. The van der Waals surface area contributed by atoms with E-state index < -0.39 is 0 Å². The zero-order valence-corrected chi connectivity index (χ0v) is 18.5. The number of nitrogens with one attached hydrogen (secondary N) is 1. The van der Waals surface area contributed by atoms with Crippen molar-refractivity contribution in [2.45, 2.75) is 63.4 Å². The minimum atomic E-state index is 0.299. The molecule has 2 aromatic heterocycles. The van der Waals surface area contributed by atoms with Crippen LogP contribution in [0.15, 0.2) is 54.2 Å². The van der Waals surface area contributed by atoms with Gasteiger partial charge in [-0.1, -0.05) is 23.7 Å². The maximum absolute atomic E-state index is 5.72. The van der Waals surface area contributed by atoms with E-state index in [1.54, 1.807) is 6.20 Å². The molecule has 0 unspecified atom stereocenters. The molecule has 2 saturated carbocycles. The Hall–Kier alpha value is -3.22. The van der Waals surface area contributed by atoms with Crippen LogP contribution < -0.4 is 10.1 Å². The number of nitrogens with zero attached hydrogens (tertiary/aromatic N) is 4. The molecule has 1 aromatic carbocycles. The van der Waals surface area contributed by atoms with E-state index in [2.05, 4.69) is 56.8 Å². The first-order chi connectivity index (χ1) is 15.8. The number of rotatable bonds is 11. The van der Waals surface area contributed by atoms with Crippen LogP contribution in [0.2, 0.25) is 0 Å². The van der Waals surface area contributed by atoms with E-state index in [-0.39, 0.29) is 0 Å². The second kappa shape index (κ2) is 10.9. The van der Waals surface area contributed by atoms with Crippen LogP contribution in [-0.4, -0.2) is 32.8 Å². The van der Waals surface area contributed by atoms with Gasteiger partial charge < -0.3 is 14.6 Å². The van der Waals surface area contributed by atoms with E-state index in [9.17, 15) is 0 Å². The molecular weight excluding hydrogens is 402 g/mol. The molecule has 2 fully saturated rings. The van der Waals surface area contributed by atoms with E-state index in [4.69, 9.17) is 9.26 Å². The standard InChI is InChI=1S/C23H27N5O2.C2H4/c1(2-7-21-27-22(28-30-21)16-8-9-16)3-13-24-18-6-4-5-17(15-18)20-12-14-25-23(26-20)29-19-10-11-19;1-2/h4-6,12,14-16,19,24H,1-3,7-11,13H2;1-2H2. The van der Waals surface area contributed by atoms with Crippen LogP contribution in [0.5, 0.6) is 6.01 Å². The van der Waals surface area contributed by atoms with Crippen LogP contribution in [0.4, 0.5) is 5.69 Å². The molecule has 7 heteroatoms. The average Bonchev–Trinajstić information content (AvgIpc) is 3.78. The lowest BCUT2D eigenvalue weighted by atomic mass is 10.1. The first kappa shape index (κ1) is 22.0. The topological polar surface area (TPSA) is 86.0 Å². The molecule has 168 valence electrons. The first-order valence-corrected chi connectivity index (χ1v) is 11.5. The number of aryl methyl sites for hydroxylation is 1. The second-order valence-electron chi connectivity index (χ2n) is 8.18. The molecule has 7 nitrogen and oxygen atoms in total. The molecule has 2 heterocycles. The lowest BCUT2D eigenvalue weighted by molar-refractivity contribution is 0.278. The van der Waals surface area contributed by atoms with Crippen LogP contribution in [0.3, 0.4) is 0 Å². The number of unbranched alkanes of at least 4 members (excludes halogenated alkanes) is 2. The largest absolute Gasteiger partial charge is 0.460 e. The SMILES string of the molecule is C=C.c1cc(NCCCCCc2nc(C3CC3)no2)cc(-c2ccnc(OC3CC3)n2)c1. The van der Waals surface area contributed by atoms with Crippen molar-refractivity contribution in [3.05, 3.63) is 61.4 Å². The maximum atomic E-state index is 5.72. The molecule has 3 aromatic rings. The minimum absolute atomic E-state index is 0.299. The molecule has 5 rings (SSSR count). The average molecular weight is 434 g/mol. The van der Waals surface area contributed by atoms with Gasteiger partial charge in [-0.3, -0.25) is 0 Å². The van der Waals surface area contributed by atoms with Crippen molar-refractivity contribution >= 4 is 5.69 Å². The van der Waals surface area contributed by atoms with Crippen molar-refractivity contribution in [2.24, 2.45) is 0 Å². The molecule has 0 aliphatic heterocycles. The van der Waals surface area contributed by atoms with E-state index in [1.165, 1.54) is 12.8 Å². The fourth-order valence-corrected chi connectivity index (χ4v) is 3.37. The summed E-state index contributed by atoms with van der Waals surface area (Å²) in [6.45, 7) is 6.93. The summed E-state index contributed by atoms with van der Waals surface area (Å²) in [7, 11) is 0. The Kier molecular flexibility index (Phi) is 7.48. The Labute approximate surface area is 189 Å². The molecule has 0 spiro atoms. The molecule has 0 bridgehead atoms. The maximum Gasteiger partial charge on any atom is 0.317 e. The fraction of sp³-hybridized carbons (Fsp3) is 0.440. The van der Waals surface area contributed by atoms with Gasteiger partial charge in [-0.05, 0) is 56.7 Å². The highest BCUT2D eigenvalue weighted by Crippen LogP contribution is 2.38. The van der Waals surface area contributed by atoms with Crippen molar-refractivity contribution in [1.82, 2.24) is 20.1 Å². The van der Waals surface area contributed by atoms with Crippen LogP contribution >= 0.6 is 0 Å². The third kappa shape index (κ3) is 6.39. The Morgan fingerprint density at radius 1 is 1.03 bits per heavy atom. The van der Waals surface area contributed by atoms with Gasteiger partial charge in [-0.15, -0.1) is 13.2 Å². The van der Waals surface area contributed by atoms with E-state index >= 15 is 0 Å². The zero-order chi connectivity index (χ0) is 22.2. The molecule has 0 radical (unpaired) electrons. The fourth-order valence-electron chi connectivity index (χ4n) is 3.37. The van der Waals surface area contributed by atoms with Gasteiger partial charge in [0.15, 0.2) is 5.82 Å². The van der Waals surface area contributed by atoms with Crippen molar-refractivity contribution in [3.63, 3.8) is 0 Å². The normalized spacial score (nSPS) is 15.0. The zero-order valence-electron chi connectivity index (χ0n) is 18.5. The Balaban J connectivity index is 0.00000119. The number of hydrogen-bond acceptors (Lipinski definition) is 7. The summed E-state index contributed by atoms with van der Waals surface area (Å²) in [6.07, 6.45) is 10.8. The molecule has 2 aliphatic carbocycles. The molecule has 2 aliphatic rings. The third-order valence-electron chi connectivity index (χ3n) is 5.41. The quantitative estimate of drug-likeness (QED) is 0.312. The van der Waals surface area contributed by atoms with E-state index in [0.717, 1.165) is 73.7 Å². The van der Waals surface area contributed by atoms with E-state index in [1.807, 2.05) is 12.1 Å². The monoisotopic (exact) mass is 433 g/mol. The number of ether oxygens (including phenoxy) is 1. The van der Waals surface area contributed by atoms with Crippen LogP contribution in [0, 0.1) is 0 Å². The van der Waals surface area contributed by atoms with Crippen molar-refractivity contribution in [1.29, 1.82) is 0 Å². The molecule has 0 atom stereocenters. The highest BCUT2D eigenvalue weighted by atomic mass is 16.5. The van der Waals surface area contributed by atoms with Gasteiger partial charge in [0.1, 0.15) is 6.10 Å². The molecule has 0 saturated heterocycles. The predicted molar refractivity (Wildman–Crippen MR) is 125 cm³/mol. The second-order valence-corrected chi connectivity index (χ2v) is 8.18. The van der Waals surface area contributed by atoms with Crippen LogP contribution in [0.1, 0.15) is 62.6 Å². The Morgan fingerprint density at radius 3 is 2.72 bits per heavy atom. The molecular formula is C25H31N5O2. The van der Waals surface area contributed by atoms with Crippen LogP contribution in [0.25, 0.3) is 11.3 Å². The van der Waals surface area contributed by atoms with Gasteiger partial charge in [0, 0.05) is 36.3 Å². The third-order valence-corrected chi connectivity index (χ3v) is 5.41. The van der Waals surface area contributed by atoms with Crippen molar-refractivity contribution in [3.8, 4) is 17.3 Å². The van der Waals surface area contributed by atoms with Gasteiger partial charge in [0.2, 0.25) is 5.89 Å². The van der Waals surface area contributed by atoms with Gasteiger partial charge in [-0.2, -0.15) is 9.97 Å². The van der Waals surface area contributed by atoms with Gasteiger partial charge in [0.05, 0.1) is 5.69 Å². The number of benzene rings is 1. The van der Waals surface area contributed by atoms with Crippen LogP contribution in [-0.2, 0) is 6.42 Å². The number of anilines is 1. The molecule has 0 amide bonds. The number of aromatic nitrogens is 4. The summed E-state index contributed by atoms with van der Waals surface area (Å²) in [5.41, 5.74) is 3.04. The summed E-state index contributed by atoms with van der Waals surface area (Å²) in [4.78, 5) is 13.3. The Morgan fingerprint density at radius 2 is 1.91 bits per heavy atom. The van der Waals surface area contributed by atoms with Crippen molar-refractivity contribution < 1.29 is 9.26 Å². The van der Waals surface area contributed by atoms with Gasteiger partial charge >= 0.3 is 6.01 Å². The lowest BCUT2D eigenvalue weighted by Gasteiger charge is -2.09. The highest BCUT2D eigenvalue weighted by Gasteiger charge is 2.28. The highest BCUT2D eigenvalue weighted by molar-refractivity contribution is 5.65. The summed E-state index contributed by atoms with van der Waals surface area (Å²) < 4.78 is 11.0. The lowest BCUT2D eigenvalue weighted by Crippen LogP contribution is -2.02.